The smallest absolute Gasteiger partial charge is 0.160 e. The Morgan fingerprint density at radius 1 is 1.57 bits per heavy atom. The first-order chi connectivity index (χ1) is 2.77. The van der Waals surface area contributed by atoms with E-state index in [0.717, 1.165) is 0 Å². The topological polar surface area (TPSA) is 0 Å². The molecule has 0 unspecified atom stereocenters. The maximum atomic E-state index is 3.43. The Labute approximate surface area is 58.4 Å². The zero-order valence-corrected chi connectivity index (χ0v) is 6.97. The summed E-state index contributed by atoms with van der Waals surface area (Å²) in [5.74, 6) is 0. The summed E-state index contributed by atoms with van der Waals surface area (Å²) in [4.78, 5) is 0. The molecule has 0 aromatic heterocycles. The molecule has 0 nitrogen and oxygen atoms in total. The Morgan fingerprint density at radius 3 is 2.00 bits per heavy atom. The van der Waals surface area contributed by atoms with Gasteiger partial charge >= 0.3 is 0 Å². The molecule has 0 aliphatic rings. The highest BCUT2D eigenvalue weighted by atomic mass is 79.9. The third-order valence-corrected chi connectivity index (χ3v) is 0.957. The van der Waals surface area contributed by atoms with Gasteiger partial charge in [0.25, 0.3) is 0 Å². The summed E-state index contributed by atoms with van der Waals surface area (Å²) in [7, 11) is 0.386. The van der Waals surface area contributed by atoms with Gasteiger partial charge in [-0.2, -0.15) is 0 Å². The van der Waals surface area contributed by atoms with Crippen LogP contribution in [0.5, 0.6) is 0 Å². The van der Waals surface area contributed by atoms with E-state index in [1.807, 2.05) is 5.41 Å². The van der Waals surface area contributed by atoms with Crippen molar-refractivity contribution in [2.45, 2.75) is 0 Å². The van der Waals surface area contributed by atoms with E-state index in [1.54, 1.807) is 0 Å². The second-order valence-corrected chi connectivity index (χ2v) is 3.20. The number of halogens is 1. The lowest BCUT2D eigenvalue weighted by Gasteiger charge is -1.73. The van der Waals surface area contributed by atoms with Crippen LogP contribution in [0.25, 0.3) is 0 Å². The van der Waals surface area contributed by atoms with Gasteiger partial charge in [0.15, 0.2) is 5.41 Å². The number of hydrogen-bond donors (Lipinski definition) is 0. The van der Waals surface area contributed by atoms with Gasteiger partial charge in [-0.15, -0.1) is 0 Å². The van der Waals surface area contributed by atoms with Gasteiger partial charge in [-0.05, 0) is 0 Å². The van der Waals surface area contributed by atoms with E-state index in [4.69, 9.17) is 0 Å². The first-order valence-corrected chi connectivity index (χ1v) is 3.80. The molecule has 42 valence electrons. The maximum absolute atomic E-state index is 3.43. The van der Waals surface area contributed by atoms with Gasteiger partial charge in [-0.1, -0.05) is 12.3 Å². The van der Waals surface area contributed by atoms with Crippen LogP contribution in [0.2, 0.25) is 0 Å². The van der Waals surface area contributed by atoms with Crippen molar-refractivity contribution in [3.63, 3.8) is 0 Å². The first kappa shape index (κ1) is 10.4. The van der Waals surface area contributed by atoms with Crippen LogP contribution in [0.4, 0.5) is 0 Å². The fraction of sp³-hybridized carbons (Fsp3) is 0.400. The standard InChI is InChI=1S/C5H9S.BrH/c1-4-5-6(2)3;/h5H,1H2,2-3H3;1H/q+1;/p-1. The van der Waals surface area contributed by atoms with Crippen LogP contribution in [-0.4, -0.2) is 12.5 Å². The molecule has 0 amide bonds. The molecule has 0 radical (unpaired) electrons. The summed E-state index contributed by atoms with van der Waals surface area (Å²) in [6.07, 6.45) is 4.25. The highest BCUT2D eigenvalue weighted by molar-refractivity contribution is 7.98. The van der Waals surface area contributed by atoms with Gasteiger partial charge in [0.2, 0.25) is 0 Å². The lowest BCUT2D eigenvalue weighted by Crippen LogP contribution is -3.00. The van der Waals surface area contributed by atoms with E-state index in [1.165, 1.54) is 0 Å². The zero-order chi connectivity index (χ0) is 4.99. The molecular weight excluding hydrogens is 172 g/mol. The molecule has 0 saturated carbocycles. The van der Waals surface area contributed by atoms with Crippen LogP contribution in [0.15, 0.2) is 17.7 Å². The van der Waals surface area contributed by atoms with Gasteiger partial charge < -0.3 is 17.0 Å². The van der Waals surface area contributed by atoms with Gasteiger partial charge in [-0.25, -0.2) is 0 Å². The Balaban J connectivity index is 0. The van der Waals surface area contributed by atoms with E-state index >= 15 is 0 Å². The first-order valence-electron chi connectivity index (χ1n) is 1.69. The van der Waals surface area contributed by atoms with Crippen LogP contribution in [0, 0.1) is 0 Å². The molecule has 0 N–H and O–H groups in total. The third-order valence-electron chi connectivity index (χ3n) is 0.319. The minimum Gasteiger partial charge on any atom is -1.00 e. The molecule has 0 aromatic rings. The summed E-state index contributed by atoms with van der Waals surface area (Å²) in [5, 5.41) is 1.96. The fourth-order valence-corrected chi connectivity index (χ4v) is 0.500. The number of rotatable bonds is 1. The molecule has 2 heteroatoms. The monoisotopic (exact) mass is 180 g/mol. The predicted molar refractivity (Wildman–Crippen MR) is 32.9 cm³/mol. The van der Waals surface area contributed by atoms with E-state index in [2.05, 4.69) is 24.8 Å². The van der Waals surface area contributed by atoms with Gasteiger partial charge in [0, 0.05) is 10.9 Å². The van der Waals surface area contributed by atoms with Crippen LogP contribution < -0.4 is 17.0 Å². The van der Waals surface area contributed by atoms with Crippen LogP contribution in [-0.2, 0) is 10.9 Å². The van der Waals surface area contributed by atoms with Gasteiger partial charge in [-0.3, -0.25) is 0 Å². The molecule has 0 aliphatic carbocycles. The number of hydrogen-bond acceptors (Lipinski definition) is 0. The summed E-state index contributed by atoms with van der Waals surface area (Å²) in [5.41, 5.74) is 2.70. The molecule has 0 atom stereocenters. The molecule has 0 saturated heterocycles. The Hall–Kier alpha value is 0.350. The van der Waals surface area contributed by atoms with Crippen molar-refractivity contribution >= 4 is 10.9 Å². The van der Waals surface area contributed by atoms with E-state index in [-0.39, 0.29) is 17.0 Å². The quantitative estimate of drug-likeness (QED) is 0.329. The SMILES string of the molecule is C=C=C[S+](C)C.[Br-]. The lowest BCUT2D eigenvalue weighted by molar-refractivity contribution is -0.00000141. The highest BCUT2D eigenvalue weighted by Gasteiger charge is 1.87. The predicted octanol–water partition coefficient (Wildman–Crippen LogP) is -1.83. The van der Waals surface area contributed by atoms with Gasteiger partial charge in [0.1, 0.15) is 12.5 Å². The molecule has 0 aromatic carbocycles. The molecule has 0 bridgehead atoms. The van der Waals surface area contributed by atoms with Gasteiger partial charge in [0.05, 0.1) is 0 Å². The molecule has 0 aliphatic heterocycles. The molecule has 0 heterocycles. The fourth-order valence-electron chi connectivity index (χ4n) is 0.167. The van der Waals surface area contributed by atoms with E-state index in [9.17, 15) is 0 Å². The van der Waals surface area contributed by atoms with Crippen molar-refractivity contribution < 1.29 is 17.0 Å². The lowest BCUT2D eigenvalue weighted by atomic mass is 11.0. The minimum atomic E-state index is 0. The Kier molecular flexibility index (Phi) is 9.39. The summed E-state index contributed by atoms with van der Waals surface area (Å²) in [6.45, 7) is 3.43. The molecule has 0 rings (SSSR count). The van der Waals surface area contributed by atoms with Crippen LogP contribution in [0.1, 0.15) is 0 Å². The Bertz CT molecular complexity index is 72.1. The average molecular weight is 181 g/mol. The van der Waals surface area contributed by atoms with Crippen molar-refractivity contribution in [3.05, 3.63) is 17.7 Å². The largest absolute Gasteiger partial charge is 1.00 e. The molecule has 0 spiro atoms. The highest BCUT2D eigenvalue weighted by Crippen LogP contribution is 1.79. The summed E-state index contributed by atoms with van der Waals surface area (Å²) in [6, 6.07) is 0. The van der Waals surface area contributed by atoms with Crippen molar-refractivity contribution in [3.8, 4) is 0 Å². The molecule has 0 fully saturated rings. The van der Waals surface area contributed by atoms with E-state index < -0.39 is 0 Å². The zero-order valence-electron chi connectivity index (χ0n) is 4.57. The normalized spacial score (nSPS) is 6.71. The Morgan fingerprint density at radius 2 is 2.00 bits per heavy atom. The molecule has 7 heavy (non-hydrogen) atoms. The minimum absolute atomic E-state index is 0. The third kappa shape index (κ3) is 10.7. The van der Waals surface area contributed by atoms with Crippen molar-refractivity contribution in [2.75, 3.05) is 12.5 Å². The van der Waals surface area contributed by atoms with Crippen molar-refractivity contribution in [1.29, 1.82) is 0 Å². The molecular formula is C5H9BrS. The summed E-state index contributed by atoms with van der Waals surface area (Å²) >= 11 is 0. The van der Waals surface area contributed by atoms with Crippen LogP contribution in [0.3, 0.4) is 0 Å². The second-order valence-electron chi connectivity index (χ2n) is 1.20. The van der Waals surface area contributed by atoms with Crippen LogP contribution >= 0.6 is 0 Å². The summed E-state index contributed by atoms with van der Waals surface area (Å²) < 4.78 is 0. The average Bonchev–Trinajstić information content (AvgIpc) is 1.35. The van der Waals surface area contributed by atoms with E-state index in [0.29, 0.717) is 10.9 Å². The van der Waals surface area contributed by atoms with Crippen molar-refractivity contribution in [1.82, 2.24) is 0 Å². The second kappa shape index (κ2) is 6.35. The maximum Gasteiger partial charge on any atom is 0.160 e. The van der Waals surface area contributed by atoms with Crippen molar-refractivity contribution in [2.24, 2.45) is 0 Å².